The van der Waals surface area contributed by atoms with Crippen molar-refractivity contribution in [3.05, 3.63) is 29.6 Å². The molecule has 1 saturated heterocycles. The SMILES string of the molecule is COC(=O)[C@H]1CCN(Cc2cc(F)ncc2F)C[C@@H]1C. The lowest BCUT2D eigenvalue weighted by atomic mass is 9.87. The summed E-state index contributed by atoms with van der Waals surface area (Å²) in [6, 6.07) is 1.12. The molecule has 110 valence electrons. The zero-order valence-electron chi connectivity index (χ0n) is 11.6. The van der Waals surface area contributed by atoms with Crippen molar-refractivity contribution in [1.29, 1.82) is 0 Å². The third-order valence-corrected chi connectivity index (χ3v) is 3.79. The van der Waals surface area contributed by atoms with E-state index in [4.69, 9.17) is 4.74 Å². The van der Waals surface area contributed by atoms with Gasteiger partial charge in [0.25, 0.3) is 0 Å². The Kier molecular flexibility index (Phi) is 4.65. The first-order chi connectivity index (χ1) is 9.51. The number of ether oxygens (including phenoxy) is 1. The fourth-order valence-corrected chi connectivity index (χ4v) is 2.69. The molecule has 6 heteroatoms. The number of methoxy groups -OCH3 is 1. The van der Waals surface area contributed by atoms with Gasteiger partial charge in [-0.1, -0.05) is 6.92 Å². The molecule has 0 saturated carbocycles. The van der Waals surface area contributed by atoms with E-state index in [1.807, 2.05) is 11.8 Å². The minimum atomic E-state index is -0.682. The maximum atomic E-state index is 13.6. The van der Waals surface area contributed by atoms with Gasteiger partial charge in [-0.05, 0) is 18.9 Å². The molecule has 0 amide bonds. The number of hydrogen-bond acceptors (Lipinski definition) is 4. The number of aromatic nitrogens is 1. The second-order valence-corrected chi connectivity index (χ2v) is 5.23. The molecule has 2 rings (SSSR count). The minimum absolute atomic E-state index is 0.115. The lowest BCUT2D eigenvalue weighted by molar-refractivity contribution is -0.149. The van der Waals surface area contributed by atoms with E-state index in [0.717, 1.165) is 12.3 Å². The van der Waals surface area contributed by atoms with Gasteiger partial charge in [0.15, 0.2) is 0 Å². The van der Waals surface area contributed by atoms with E-state index < -0.39 is 11.8 Å². The average molecular weight is 284 g/mol. The Morgan fingerprint density at radius 1 is 1.55 bits per heavy atom. The van der Waals surface area contributed by atoms with E-state index in [0.29, 0.717) is 31.6 Å². The quantitative estimate of drug-likeness (QED) is 0.629. The molecule has 20 heavy (non-hydrogen) atoms. The maximum absolute atomic E-state index is 13.6. The molecule has 1 aliphatic heterocycles. The van der Waals surface area contributed by atoms with Gasteiger partial charge in [-0.2, -0.15) is 4.39 Å². The van der Waals surface area contributed by atoms with Crippen LogP contribution in [0.25, 0.3) is 0 Å². The van der Waals surface area contributed by atoms with Gasteiger partial charge in [0.2, 0.25) is 5.95 Å². The van der Waals surface area contributed by atoms with Gasteiger partial charge >= 0.3 is 5.97 Å². The Bertz CT molecular complexity index is 496. The van der Waals surface area contributed by atoms with Crippen LogP contribution in [0.3, 0.4) is 0 Å². The van der Waals surface area contributed by atoms with E-state index in [-0.39, 0.29) is 17.8 Å². The smallest absolute Gasteiger partial charge is 0.309 e. The second kappa shape index (κ2) is 6.26. The fraction of sp³-hybridized carbons (Fsp3) is 0.571. The summed E-state index contributed by atoms with van der Waals surface area (Å²) in [6.45, 7) is 3.61. The number of esters is 1. The van der Waals surface area contributed by atoms with Crippen LogP contribution in [0.4, 0.5) is 8.78 Å². The van der Waals surface area contributed by atoms with Gasteiger partial charge in [-0.3, -0.25) is 9.69 Å². The molecule has 0 aliphatic carbocycles. The van der Waals surface area contributed by atoms with Crippen LogP contribution in [-0.4, -0.2) is 36.1 Å². The standard InChI is InChI=1S/C14H18F2N2O2/c1-9-7-18(4-3-11(9)14(19)20-2)8-10-5-13(16)17-6-12(10)15/h5-6,9,11H,3-4,7-8H2,1-2H3/t9-,11-/m0/s1. The van der Waals surface area contributed by atoms with E-state index in [1.54, 1.807) is 0 Å². The van der Waals surface area contributed by atoms with Crippen molar-refractivity contribution in [3.8, 4) is 0 Å². The van der Waals surface area contributed by atoms with Gasteiger partial charge in [-0.25, -0.2) is 9.37 Å². The molecule has 0 radical (unpaired) electrons. The van der Waals surface area contributed by atoms with E-state index in [1.165, 1.54) is 7.11 Å². The second-order valence-electron chi connectivity index (χ2n) is 5.23. The Morgan fingerprint density at radius 2 is 2.30 bits per heavy atom. The molecular formula is C14H18F2N2O2. The summed E-state index contributed by atoms with van der Waals surface area (Å²) in [4.78, 5) is 16.9. The van der Waals surface area contributed by atoms with E-state index >= 15 is 0 Å². The summed E-state index contributed by atoms with van der Waals surface area (Å²) < 4.78 is 31.4. The van der Waals surface area contributed by atoms with Crippen LogP contribution in [-0.2, 0) is 16.1 Å². The fourth-order valence-electron chi connectivity index (χ4n) is 2.69. The maximum Gasteiger partial charge on any atom is 0.309 e. The molecule has 0 spiro atoms. The lowest BCUT2D eigenvalue weighted by Gasteiger charge is -2.35. The summed E-state index contributed by atoms with van der Waals surface area (Å²) in [7, 11) is 1.39. The van der Waals surface area contributed by atoms with Crippen molar-refractivity contribution in [2.45, 2.75) is 19.9 Å². The number of halogens is 2. The molecule has 1 aliphatic rings. The lowest BCUT2D eigenvalue weighted by Crippen LogP contribution is -2.42. The number of nitrogens with zero attached hydrogens (tertiary/aromatic N) is 2. The van der Waals surface area contributed by atoms with E-state index in [2.05, 4.69) is 4.98 Å². The molecule has 2 heterocycles. The van der Waals surface area contributed by atoms with Crippen molar-refractivity contribution in [2.75, 3.05) is 20.2 Å². The molecule has 0 N–H and O–H groups in total. The minimum Gasteiger partial charge on any atom is -0.469 e. The molecule has 2 atom stereocenters. The van der Waals surface area contributed by atoms with Crippen molar-refractivity contribution in [1.82, 2.24) is 9.88 Å². The van der Waals surface area contributed by atoms with Gasteiger partial charge in [0.1, 0.15) is 5.82 Å². The third kappa shape index (κ3) is 3.30. The van der Waals surface area contributed by atoms with Gasteiger partial charge < -0.3 is 4.74 Å². The highest BCUT2D eigenvalue weighted by Gasteiger charge is 2.32. The molecule has 4 nitrogen and oxygen atoms in total. The van der Waals surface area contributed by atoms with Crippen molar-refractivity contribution < 1.29 is 18.3 Å². The van der Waals surface area contributed by atoms with Gasteiger partial charge in [-0.15, -0.1) is 0 Å². The van der Waals surface area contributed by atoms with Crippen LogP contribution >= 0.6 is 0 Å². The molecular weight excluding hydrogens is 266 g/mol. The van der Waals surface area contributed by atoms with Crippen LogP contribution in [0.15, 0.2) is 12.3 Å². The molecule has 0 bridgehead atoms. The van der Waals surface area contributed by atoms with E-state index in [9.17, 15) is 13.6 Å². The first-order valence-corrected chi connectivity index (χ1v) is 6.61. The Balaban J connectivity index is 1.99. The monoisotopic (exact) mass is 284 g/mol. The highest BCUT2D eigenvalue weighted by Crippen LogP contribution is 2.25. The predicted octanol–water partition coefficient (Wildman–Crippen LogP) is 1.99. The Labute approximate surface area is 116 Å². The number of piperidine rings is 1. The summed E-state index contributed by atoms with van der Waals surface area (Å²) >= 11 is 0. The van der Waals surface area contributed by atoms with Gasteiger partial charge in [0.05, 0.1) is 19.2 Å². The zero-order valence-corrected chi connectivity index (χ0v) is 11.6. The highest BCUT2D eigenvalue weighted by atomic mass is 19.1. The topological polar surface area (TPSA) is 42.4 Å². The summed E-state index contributed by atoms with van der Waals surface area (Å²) in [5, 5.41) is 0. The average Bonchev–Trinajstić information content (AvgIpc) is 2.42. The number of pyridine rings is 1. The van der Waals surface area contributed by atoms with Crippen LogP contribution in [0.1, 0.15) is 18.9 Å². The van der Waals surface area contributed by atoms with Crippen molar-refractivity contribution in [2.24, 2.45) is 11.8 Å². The van der Waals surface area contributed by atoms with Crippen LogP contribution in [0, 0.1) is 23.6 Å². The van der Waals surface area contributed by atoms with Crippen LogP contribution in [0.2, 0.25) is 0 Å². The molecule has 0 unspecified atom stereocenters. The Hall–Kier alpha value is -1.56. The molecule has 0 aromatic carbocycles. The number of likely N-dealkylation sites (tertiary alicyclic amines) is 1. The van der Waals surface area contributed by atoms with Crippen molar-refractivity contribution in [3.63, 3.8) is 0 Å². The molecule has 1 aromatic heterocycles. The first kappa shape index (κ1) is 14.8. The third-order valence-electron chi connectivity index (χ3n) is 3.79. The summed E-state index contributed by atoms with van der Waals surface area (Å²) in [5.74, 6) is -1.37. The number of carbonyl (C=O) groups is 1. The number of hydrogen-bond donors (Lipinski definition) is 0. The number of rotatable bonds is 3. The molecule has 1 aromatic rings. The number of carbonyl (C=O) groups excluding carboxylic acids is 1. The largest absolute Gasteiger partial charge is 0.469 e. The summed E-state index contributed by atoms with van der Waals surface area (Å²) in [5.41, 5.74) is 0.293. The van der Waals surface area contributed by atoms with Crippen LogP contribution in [0.5, 0.6) is 0 Å². The van der Waals surface area contributed by atoms with Crippen molar-refractivity contribution >= 4 is 5.97 Å². The highest BCUT2D eigenvalue weighted by molar-refractivity contribution is 5.72. The van der Waals surface area contributed by atoms with Gasteiger partial charge in [0, 0.05) is 24.7 Å². The molecule has 1 fully saturated rings. The summed E-state index contributed by atoms with van der Waals surface area (Å²) in [6.07, 6.45) is 1.57. The zero-order chi connectivity index (χ0) is 14.7. The first-order valence-electron chi connectivity index (χ1n) is 6.61. The Morgan fingerprint density at radius 3 is 2.95 bits per heavy atom. The normalized spacial score (nSPS) is 23.6. The van der Waals surface area contributed by atoms with Crippen LogP contribution < -0.4 is 0 Å². The predicted molar refractivity (Wildman–Crippen MR) is 68.7 cm³/mol.